The van der Waals surface area contributed by atoms with Gasteiger partial charge in [-0.1, -0.05) is 101 Å². The first-order chi connectivity index (χ1) is 34.8. The fourth-order valence-electron chi connectivity index (χ4n) is 11.3. The molecule has 1 saturated heterocycles. The Kier molecular flexibility index (Phi) is 21.2. The van der Waals surface area contributed by atoms with Crippen LogP contribution >= 0.6 is 0 Å². The highest BCUT2D eigenvalue weighted by Crippen LogP contribution is 2.62. The molecule has 2 aromatic rings. The number of aliphatic hydroxyl groups is 2. The second kappa shape index (κ2) is 27.8. The number of nitrogens with one attached hydrogen (secondary N) is 1. The van der Waals surface area contributed by atoms with E-state index in [4.69, 9.17) is 43.2 Å². The molecule has 7 unspecified atom stereocenters. The van der Waals surface area contributed by atoms with E-state index in [0.717, 1.165) is 80.9 Å². The maximum absolute atomic E-state index is 15.2. The smallest absolute Gasteiger partial charge is 0.412 e. The van der Waals surface area contributed by atoms with Crippen molar-refractivity contribution < 1.29 is 57.8 Å². The lowest BCUT2D eigenvalue weighted by molar-refractivity contribution is -0.256. The number of hydrogen-bond acceptors (Lipinski definition) is 13. The highest BCUT2D eigenvalue weighted by Gasteiger charge is 2.66. The van der Waals surface area contributed by atoms with E-state index in [1.54, 1.807) is 17.0 Å². The Labute approximate surface area is 421 Å². The topological polar surface area (TPSA) is 176 Å². The molecule has 7 atom stereocenters. The van der Waals surface area contributed by atoms with Crippen LogP contribution in [0, 0.1) is 17.8 Å². The van der Waals surface area contributed by atoms with Crippen molar-refractivity contribution in [3.63, 3.8) is 0 Å². The third-order valence-electron chi connectivity index (χ3n) is 14.7. The molecule has 3 aliphatic heterocycles. The van der Waals surface area contributed by atoms with Gasteiger partial charge in [0.15, 0.2) is 11.5 Å². The van der Waals surface area contributed by atoms with E-state index in [-0.39, 0.29) is 63.9 Å². The summed E-state index contributed by atoms with van der Waals surface area (Å²) in [5, 5.41) is 27.8. The average Bonchev–Trinajstić information content (AvgIpc) is 3.86. The predicted octanol–water partition coefficient (Wildman–Crippen LogP) is 11.2. The first-order valence-electron chi connectivity index (χ1n) is 27.0. The SMILES string of the molecule is C=CCOC12Oc3ccc(OC(=O)NCC)cc3C3C(CCCCO)C(CCCCO)C=C(C(=NOC4CCCCO4)CC1N(Cc1ccc4c(c1)OCO4)C(=O)OCCCCCCCCCCCC)C32. The molecular weight excluding hydrogens is 907 g/mol. The lowest BCUT2D eigenvalue weighted by Crippen LogP contribution is -2.70. The monoisotopic (exact) mass is 988 g/mol. The number of rotatable bonds is 29. The van der Waals surface area contributed by atoms with Crippen LogP contribution in [0.5, 0.6) is 23.0 Å². The fraction of sp³-hybridized carbons (Fsp3) is 0.661. The summed E-state index contributed by atoms with van der Waals surface area (Å²) < 4.78 is 44.4. The van der Waals surface area contributed by atoms with Crippen molar-refractivity contribution in [2.75, 3.05) is 46.4 Å². The summed E-state index contributed by atoms with van der Waals surface area (Å²) in [7, 11) is 0. The third-order valence-corrected chi connectivity index (χ3v) is 14.7. The number of unbranched alkanes of at least 4 members (excludes halogenated alkanes) is 11. The number of ether oxygens (including phenoxy) is 7. The first-order valence-corrected chi connectivity index (χ1v) is 27.0. The highest BCUT2D eigenvalue weighted by molar-refractivity contribution is 6.03. The Morgan fingerprint density at radius 2 is 1.63 bits per heavy atom. The molecule has 0 aromatic heterocycles. The number of fused-ring (bicyclic) bond motifs is 3. The summed E-state index contributed by atoms with van der Waals surface area (Å²) >= 11 is 0. The molecule has 2 aromatic carbocycles. The van der Waals surface area contributed by atoms with Gasteiger partial charge in [0.1, 0.15) is 17.5 Å². The number of oxime groups is 1. The van der Waals surface area contributed by atoms with Gasteiger partial charge in [0.05, 0.1) is 31.5 Å². The van der Waals surface area contributed by atoms with E-state index in [9.17, 15) is 15.0 Å². The molecule has 2 aliphatic carbocycles. The standard InChI is InChI=1S/C56H81N3O12/c1-4-7-8-9-10-11-12-13-14-20-33-65-55(63)59(38-40-25-27-48-49(34-40)67-39-66-48)50-37-46(58-71-51-24-17-21-32-64-51)44-35-41(22-15-18-29-60)43(23-16-19-30-61)52-45-36-42(69-54(62)57-6-3)26-28-47(45)70-56(50,53(44)52)68-31-5-2/h5,25-28,34-36,41,43,50-53,60-61H,2,4,6-24,29-33,37-39H2,1,3H3,(H,57,62). The highest BCUT2D eigenvalue weighted by atomic mass is 16.8. The molecule has 5 aliphatic rings. The Bertz CT molecular complexity index is 2070. The van der Waals surface area contributed by atoms with Crippen molar-refractivity contribution in [1.82, 2.24) is 10.2 Å². The number of amides is 2. The summed E-state index contributed by atoms with van der Waals surface area (Å²) in [4.78, 5) is 36.2. The van der Waals surface area contributed by atoms with Gasteiger partial charge in [0.2, 0.25) is 18.9 Å². The third kappa shape index (κ3) is 14.0. The average molecular weight is 988 g/mol. The Hall–Kier alpha value is -4.83. The summed E-state index contributed by atoms with van der Waals surface area (Å²) in [6.45, 7) is 9.85. The zero-order chi connectivity index (χ0) is 49.8. The molecule has 1 saturated carbocycles. The number of carbonyl (C=O) groups is 2. The number of benzene rings is 2. The lowest BCUT2D eigenvalue weighted by atomic mass is 9.55. The van der Waals surface area contributed by atoms with Crippen molar-refractivity contribution in [1.29, 1.82) is 0 Å². The van der Waals surface area contributed by atoms with Crippen LogP contribution in [0.2, 0.25) is 0 Å². The minimum atomic E-state index is -1.53. The largest absolute Gasteiger partial charge is 0.459 e. The van der Waals surface area contributed by atoms with Gasteiger partial charge in [-0.3, -0.25) is 4.90 Å². The van der Waals surface area contributed by atoms with Gasteiger partial charge in [0.25, 0.3) is 0 Å². The van der Waals surface area contributed by atoms with Gasteiger partial charge in [-0.2, -0.15) is 0 Å². The van der Waals surface area contributed by atoms with Gasteiger partial charge >= 0.3 is 12.2 Å². The second-order valence-electron chi connectivity index (χ2n) is 19.7. The molecule has 0 bridgehead atoms. The molecule has 2 fully saturated rings. The summed E-state index contributed by atoms with van der Waals surface area (Å²) in [5.74, 6) is -0.330. The minimum Gasteiger partial charge on any atom is -0.459 e. The Morgan fingerprint density at radius 1 is 0.887 bits per heavy atom. The zero-order valence-corrected chi connectivity index (χ0v) is 42.5. The fourth-order valence-corrected chi connectivity index (χ4v) is 11.3. The molecular formula is C56H81N3O12. The normalized spacial score (nSPS) is 24.5. The Morgan fingerprint density at radius 3 is 2.37 bits per heavy atom. The molecule has 71 heavy (non-hydrogen) atoms. The number of allylic oxidation sites excluding steroid dienone is 1. The number of hydrogen-bond donors (Lipinski definition) is 3. The molecule has 15 heteroatoms. The van der Waals surface area contributed by atoms with Crippen molar-refractivity contribution in [2.45, 2.75) is 173 Å². The van der Waals surface area contributed by atoms with Gasteiger partial charge in [-0.25, -0.2) is 9.59 Å². The summed E-state index contributed by atoms with van der Waals surface area (Å²) in [5.41, 5.74) is 3.17. The van der Waals surface area contributed by atoms with Gasteiger partial charge in [-0.15, -0.1) is 6.58 Å². The van der Waals surface area contributed by atoms with Gasteiger partial charge in [-0.05, 0) is 105 Å². The maximum Gasteiger partial charge on any atom is 0.412 e. The summed E-state index contributed by atoms with van der Waals surface area (Å²) in [6.07, 6.45) is 21.1. The van der Waals surface area contributed by atoms with Crippen LogP contribution in [0.3, 0.4) is 0 Å². The molecule has 3 heterocycles. The van der Waals surface area contributed by atoms with Gasteiger partial charge in [0, 0.05) is 50.6 Å². The van der Waals surface area contributed by atoms with E-state index in [2.05, 4.69) is 24.9 Å². The molecule has 15 nitrogen and oxygen atoms in total. The molecule has 0 spiro atoms. The van der Waals surface area contributed by atoms with Crippen LogP contribution in [0.1, 0.15) is 159 Å². The second-order valence-corrected chi connectivity index (χ2v) is 19.7. The lowest BCUT2D eigenvalue weighted by Gasteiger charge is -2.59. The number of nitrogens with zero attached hydrogens (tertiary/aromatic N) is 2. The zero-order valence-electron chi connectivity index (χ0n) is 42.5. The van der Waals surface area contributed by atoms with Crippen LogP contribution < -0.4 is 24.3 Å². The maximum atomic E-state index is 15.2. The van der Waals surface area contributed by atoms with E-state index >= 15 is 4.79 Å². The molecule has 392 valence electrons. The molecule has 7 rings (SSSR count). The van der Waals surface area contributed by atoms with Crippen LogP contribution in [0.25, 0.3) is 0 Å². The van der Waals surface area contributed by atoms with E-state index < -0.39 is 36.2 Å². The van der Waals surface area contributed by atoms with E-state index in [1.807, 2.05) is 37.3 Å². The van der Waals surface area contributed by atoms with Crippen molar-refractivity contribution in [3.05, 3.63) is 71.8 Å². The van der Waals surface area contributed by atoms with Crippen molar-refractivity contribution >= 4 is 17.9 Å². The van der Waals surface area contributed by atoms with Crippen LogP contribution in [0.4, 0.5) is 9.59 Å². The Balaban J connectivity index is 1.33. The van der Waals surface area contributed by atoms with Crippen molar-refractivity contribution in [2.24, 2.45) is 22.9 Å². The molecule has 2 amide bonds. The van der Waals surface area contributed by atoms with Crippen LogP contribution in [-0.4, -0.2) is 97.5 Å². The molecule has 0 radical (unpaired) electrons. The van der Waals surface area contributed by atoms with Crippen molar-refractivity contribution in [3.8, 4) is 23.0 Å². The van der Waals surface area contributed by atoms with Gasteiger partial charge < -0.3 is 53.5 Å². The summed E-state index contributed by atoms with van der Waals surface area (Å²) in [6, 6.07) is 10.3. The number of aliphatic hydroxyl groups excluding tert-OH is 2. The van der Waals surface area contributed by atoms with E-state index in [0.29, 0.717) is 61.1 Å². The van der Waals surface area contributed by atoms with Crippen LogP contribution in [0.15, 0.2) is 65.9 Å². The quantitative estimate of drug-likeness (QED) is 0.0400. The van der Waals surface area contributed by atoms with Crippen LogP contribution in [-0.2, 0) is 25.6 Å². The van der Waals surface area contributed by atoms with E-state index in [1.165, 1.54) is 38.5 Å². The first kappa shape index (κ1) is 54.0. The minimum absolute atomic E-state index is 0.0101. The molecule has 3 N–H and O–H groups in total. The predicted molar refractivity (Wildman–Crippen MR) is 271 cm³/mol. The number of carbonyl (C=O) groups excluding carboxylic acids is 2.